The average molecular weight is 259 g/mol. The van der Waals surface area contributed by atoms with E-state index in [4.69, 9.17) is 10.2 Å². The van der Waals surface area contributed by atoms with Crippen LogP contribution in [0.1, 0.15) is 42.6 Å². The summed E-state index contributed by atoms with van der Waals surface area (Å²) >= 11 is 0. The van der Waals surface area contributed by atoms with Crippen LogP contribution < -0.4 is 5.73 Å². The molecule has 0 saturated heterocycles. The van der Waals surface area contributed by atoms with Gasteiger partial charge in [0.15, 0.2) is 0 Å². The van der Waals surface area contributed by atoms with Gasteiger partial charge in [-0.1, -0.05) is 38.1 Å². The highest BCUT2D eigenvalue weighted by atomic mass is 16.4. The van der Waals surface area contributed by atoms with Crippen LogP contribution in [0.3, 0.4) is 0 Å². The molecular weight excluding hydrogens is 238 g/mol. The summed E-state index contributed by atoms with van der Waals surface area (Å²) in [5, 5.41) is 10.2. The molecule has 0 aliphatic heterocycles. The molecule has 1 unspecified atom stereocenters. The fourth-order valence-corrected chi connectivity index (χ4v) is 2.00. The highest BCUT2D eigenvalue weighted by Gasteiger charge is 2.19. The third kappa shape index (κ3) is 2.88. The maximum atomic E-state index is 10.2. The molecular formula is C16H21NO2. The van der Waals surface area contributed by atoms with Gasteiger partial charge in [0.1, 0.15) is 17.6 Å². The summed E-state index contributed by atoms with van der Waals surface area (Å²) in [5.74, 6) is 1.37. The molecule has 1 atom stereocenters. The molecule has 0 amide bonds. The van der Waals surface area contributed by atoms with E-state index in [1.54, 1.807) is 6.07 Å². The average Bonchev–Trinajstić information content (AvgIpc) is 2.85. The maximum Gasteiger partial charge on any atom is 0.137 e. The number of hydrogen-bond acceptors (Lipinski definition) is 3. The predicted octanol–water partition coefficient (Wildman–Crippen LogP) is 2.91. The normalized spacial score (nSPS) is 13.5. The summed E-state index contributed by atoms with van der Waals surface area (Å²) in [6.45, 7) is 6.66. The monoisotopic (exact) mass is 259 g/mol. The highest BCUT2D eigenvalue weighted by molar-refractivity contribution is 5.32. The number of aliphatic hydroxyl groups excluding tert-OH is 1. The number of furan rings is 1. The van der Waals surface area contributed by atoms with E-state index in [0.29, 0.717) is 12.3 Å². The first-order valence-corrected chi connectivity index (χ1v) is 6.49. The Hall–Kier alpha value is -1.58. The molecule has 3 N–H and O–H groups in total. The van der Waals surface area contributed by atoms with E-state index in [0.717, 1.165) is 11.3 Å². The van der Waals surface area contributed by atoms with Crippen molar-refractivity contribution in [3.05, 3.63) is 59.0 Å². The lowest BCUT2D eigenvalue weighted by Crippen LogP contribution is -2.27. The van der Waals surface area contributed by atoms with Crippen LogP contribution in [-0.4, -0.2) is 11.7 Å². The second kappa shape index (κ2) is 5.19. The fourth-order valence-electron chi connectivity index (χ4n) is 2.00. The summed E-state index contributed by atoms with van der Waals surface area (Å²) in [6.07, 6.45) is -0.719. The molecule has 0 aliphatic rings. The Labute approximate surface area is 114 Å². The van der Waals surface area contributed by atoms with E-state index in [2.05, 4.69) is 13.8 Å². The van der Waals surface area contributed by atoms with Crippen molar-refractivity contribution in [3.8, 4) is 0 Å². The molecule has 0 spiro atoms. The molecule has 0 saturated carbocycles. The molecule has 19 heavy (non-hydrogen) atoms. The number of nitrogens with two attached hydrogens (primary N) is 1. The number of hydrogen-bond donors (Lipinski definition) is 2. The Bertz CT molecular complexity index is 540. The number of benzene rings is 1. The minimum absolute atomic E-state index is 0.0508. The molecule has 0 bridgehead atoms. The Morgan fingerprint density at radius 2 is 1.79 bits per heavy atom. The van der Waals surface area contributed by atoms with Crippen molar-refractivity contribution >= 4 is 0 Å². The largest absolute Gasteiger partial charge is 0.463 e. The van der Waals surface area contributed by atoms with Gasteiger partial charge in [-0.2, -0.15) is 0 Å². The molecule has 1 aromatic heterocycles. The van der Waals surface area contributed by atoms with Crippen LogP contribution in [0.5, 0.6) is 0 Å². The van der Waals surface area contributed by atoms with Crippen LogP contribution in [0.4, 0.5) is 0 Å². The van der Waals surface area contributed by atoms with Gasteiger partial charge >= 0.3 is 0 Å². The van der Waals surface area contributed by atoms with E-state index in [1.165, 1.54) is 5.56 Å². The molecule has 0 radical (unpaired) electrons. The van der Waals surface area contributed by atoms with Crippen molar-refractivity contribution in [2.75, 3.05) is 6.54 Å². The van der Waals surface area contributed by atoms with Gasteiger partial charge in [0.05, 0.1) is 0 Å². The molecule has 0 aliphatic carbocycles. The predicted molar refractivity (Wildman–Crippen MR) is 76.0 cm³/mol. The number of aliphatic hydroxyl groups is 1. The van der Waals surface area contributed by atoms with Gasteiger partial charge in [0, 0.05) is 12.0 Å². The van der Waals surface area contributed by atoms with Gasteiger partial charge in [-0.3, -0.25) is 0 Å². The van der Waals surface area contributed by atoms with Crippen molar-refractivity contribution in [3.63, 3.8) is 0 Å². The molecule has 2 aromatic rings. The highest BCUT2D eigenvalue weighted by Crippen LogP contribution is 2.27. The second-order valence-corrected chi connectivity index (χ2v) is 5.56. The van der Waals surface area contributed by atoms with E-state index >= 15 is 0 Å². The van der Waals surface area contributed by atoms with Gasteiger partial charge < -0.3 is 15.3 Å². The van der Waals surface area contributed by atoms with Gasteiger partial charge in [0.2, 0.25) is 0 Å². The van der Waals surface area contributed by atoms with Gasteiger partial charge in [-0.05, 0) is 30.2 Å². The summed E-state index contributed by atoms with van der Waals surface area (Å²) in [7, 11) is 0. The van der Waals surface area contributed by atoms with Crippen molar-refractivity contribution < 1.29 is 9.52 Å². The first kappa shape index (κ1) is 13.8. The first-order chi connectivity index (χ1) is 8.94. The molecule has 3 nitrogen and oxygen atoms in total. The van der Waals surface area contributed by atoms with Crippen LogP contribution in [-0.2, 0) is 5.41 Å². The lowest BCUT2D eigenvalue weighted by Gasteiger charge is -2.23. The summed E-state index contributed by atoms with van der Waals surface area (Å²) in [6, 6.07) is 11.5. The van der Waals surface area contributed by atoms with E-state index in [-0.39, 0.29) is 5.41 Å². The zero-order chi connectivity index (χ0) is 14.0. The topological polar surface area (TPSA) is 59.4 Å². The fraction of sp³-hybridized carbons (Fsp3) is 0.375. The molecule has 1 heterocycles. The summed E-state index contributed by atoms with van der Waals surface area (Å²) < 4.78 is 5.45. The van der Waals surface area contributed by atoms with Crippen LogP contribution >= 0.6 is 0 Å². The molecule has 102 valence electrons. The lowest BCUT2D eigenvalue weighted by atomic mass is 9.84. The van der Waals surface area contributed by atoms with Crippen molar-refractivity contribution in [2.45, 2.75) is 32.3 Å². The Balaban J connectivity index is 2.23. The number of rotatable bonds is 4. The van der Waals surface area contributed by atoms with Gasteiger partial charge in [-0.25, -0.2) is 0 Å². The summed E-state index contributed by atoms with van der Waals surface area (Å²) in [5.41, 5.74) is 7.71. The molecule has 2 rings (SSSR count). The van der Waals surface area contributed by atoms with Crippen molar-refractivity contribution in [1.82, 2.24) is 0 Å². The smallest absolute Gasteiger partial charge is 0.137 e. The van der Waals surface area contributed by atoms with Crippen molar-refractivity contribution in [2.24, 2.45) is 5.73 Å². The first-order valence-electron chi connectivity index (χ1n) is 6.49. The van der Waals surface area contributed by atoms with Crippen LogP contribution in [0, 0.1) is 6.92 Å². The van der Waals surface area contributed by atoms with E-state index < -0.39 is 6.10 Å². The third-order valence-electron chi connectivity index (χ3n) is 3.55. The zero-order valence-electron chi connectivity index (χ0n) is 11.7. The van der Waals surface area contributed by atoms with E-state index in [1.807, 2.05) is 37.3 Å². The number of aryl methyl sites for hydroxylation is 1. The van der Waals surface area contributed by atoms with Crippen LogP contribution in [0.25, 0.3) is 0 Å². The lowest BCUT2D eigenvalue weighted by molar-refractivity contribution is 0.187. The van der Waals surface area contributed by atoms with Crippen molar-refractivity contribution in [1.29, 1.82) is 0 Å². The van der Waals surface area contributed by atoms with Crippen LogP contribution in [0.15, 0.2) is 40.8 Å². The summed E-state index contributed by atoms with van der Waals surface area (Å²) in [4.78, 5) is 0. The zero-order valence-corrected chi connectivity index (χ0v) is 11.7. The minimum atomic E-state index is -0.719. The van der Waals surface area contributed by atoms with Crippen LogP contribution in [0.2, 0.25) is 0 Å². The quantitative estimate of drug-likeness (QED) is 0.887. The molecule has 3 heteroatoms. The third-order valence-corrected chi connectivity index (χ3v) is 3.55. The Kier molecular flexibility index (Phi) is 3.78. The van der Waals surface area contributed by atoms with Gasteiger partial charge in [0.25, 0.3) is 0 Å². The SMILES string of the molecule is Cc1ccc(C(O)c2ccc(C(C)(C)CN)cc2)o1. The minimum Gasteiger partial charge on any atom is -0.463 e. The Morgan fingerprint density at radius 3 is 2.26 bits per heavy atom. The van der Waals surface area contributed by atoms with Gasteiger partial charge in [-0.15, -0.1) is 0 Å². The van der Waals surface area contributed by atoms with E-state index in [9.17, 15) is 5.11 Å². The maximum absolute atomic E-state index is 10.2. The second-order valence-electron chi connectivity index (χ2n) is 5.56. The molecule has 1 aromatic carbocycles. The molecule has 0 fully saturated rings. The Morgan fingerprint density at radius 1 is 1.16 bits per heavy atom. The standard InChI is InChI=1S/C16H21NO2/c1-11-4-9-14(19-11)15(18)12-5-7-13(8-6-12)16(2,3)10-17/h4-9,15,18H,10,17H2,1-3H3.